The van der Waals surface area contributed by atoms with Gasteiger partial charge in [0.1, 0.15) is 0 Å². The molecule has 0 spiro atoms. The fourth-order valence-electron chi connectivity index (χ4n) is 3.96. The van der Waals surface area contributed by atoms with Crippen LogP contribution in [0.5, 0.6) is 0 Å². The number of alkyl halides is 1. The molecule has 3 nitrogen and oxygen atoms in total. The minimum Gasteiger partial charge on any atom is -0.296 e. The summed E-state index contributed by atoms with van der Waals surface area (Å²) in [6, 6.07) is 17.3. The van der Waals surface area contributed by atoms with E-state index in [1.807, 2.05) is 6.07 Å². The van der Waals surface area contributed by atoms with E-state index in [9.17, 15) is 9.59 Å². The van der Waals surface area contributed by atoms with E-state index in [0.29, 0.717) is 34.1 Å². The van der Waals surface area contributed by atoms with Crippen LogP contribution in [0.25, 0.3) is 0 Å². The molecule has 0 bridgehead atoms. The summed E-state index contributed by atoms with van der Waals surface area (Å²) in [6.07, 6.45) is 2.26. The zero-order valence-electron chi connectivity index (χ0n) is 17.1. The largest absolute Gasteiger partial charge is 0.296 e. The molecule has 0 saturated heterocycles. The molecule has 0 aliphatic heterocycles. The van der Waals surface area contributed by atoms with Gasteiger partial charge in [-0.3, -0.25) is 14.6 Å². The highest BCUT2D eigenvalue weighted by atomic mass is 35.5. The summed E-state index contributed by atoms with van der Waals surface area (Å²) in [5.74, 6) is -0.504. The maximum absolute atomic E-state index is 16.1. The van der Waals surface area contributed by atoms with Gasteiger partial charge in [0.25, 0.3) is 0 Å². The molecule has 32 heavy (non-hydrogen) atoms. The van der Waals surface area contributed by atoms with E-state index >= 15 is 4.39 Å². The SMILES string of the molecule is O=C(SC1CC[C@@](F)(C(=O)CCc2ccc(Cl)cc2Cl)c2cccnc21)c1ccccc1. The first-order valence-corrected chi connectivity index (χ1v) is 11.9. The number of thioether (sulfide) groups is 1. The number of carbonyl (C=O) groups is 2. The molecule has 7 heteroatoms. The van der Waals surface area contributed by atoms with Crippen LogP contribution in [0.15, 0.2) is 66.9 Å². The van der Waals surface area contributed by atoms with Crippen molar-refractivity contribution >= 4 is 45.9 Å². The van der Waals surface area contributed by atoms with Gasteiger partial charge in [-0.2, -0.15) is 0 Å². The molecule has 1 aromatic heterocycles. The molecule has 0 N–H and O–H groups in total. The van der Waals surface area contributed by atoms with Gasteiger partial charge in [0, 0.05) is 33.8 Å². The Bertz CT molecular complexity index is 1160. The third-order valence-electron chi connectivity index (χ3n) is 5.66. The van der Waals surface area contributed by atoms with Gasteiger partial charge in [-0.15, -0.1) is 0 Å². The van der Waals surface area contributed by atoms with Crippen LogP contribution in [0.3, 0.4) is 0 Å². The Hall–Kier alpha value is -2.21. The van der Waals surface area contributed by atoms with Gasteiger partial charge >= 0.3 is 0 Å². The first-order chi connectivity index (χ1) is 15.4. The second-order valence-corrected chi connectivity index (χ2v) is 9.71. The molecule has 0 fully saturated rings. The number of fused-ring (bicyclic) bond motifs is 1. The summed E-state index contributed by atoms with van der Waals surface area (Å²) in [6.45, 7) is 0. The molecule has 2 atom stereocenters. The van der Waals surface area contributed by atoms with Crippen LogP contribution in [-0.2, 0) is 16.9 Å². The average Bonchev–Trinajstić information content (AvgIpc) is 2.81. The van der Waals surface area contributed by atoms with Crippen molar-refractivity contribution in [2.75, 3.05) is 0 Å². The van der Waals surface area contributed by atoms with E-state index in [1.54, 1.807) is 60.8 Å². The lowest BCUT2D eigenvalue weighted by atomic mass is 9.78. The number of aromatic nitrogens is 1. The fourth-order valence-corrected chi connectivity index (χ4v) is 5.53. The maximum Gasteiger partial charge on any atom is 0.220 e. The molecule has 1 aliphatic rings. The number of hydrogen-bond acceptors (Lipinski definition) is 4. The molecule has 164 valence electrons. The number of nitrogens with zero attached hydrogens (tertiary/aromatic N) is 1. The van der Waals surface area contributed by atoms with Gasteiger partial charge in [-0.05, 0) is 43.0 Å². The minimum atomic E-state index is -2.13. The molecule has 4 rings (SSSR count). The van der Waals surface area contributed by atoms with Crippen LogP contribution in [0.1, 0.15) is 51.7 Å². The Morgan fingerprint density at radius 1 is 1.09 bits per heavy atom. The van der Waals surface area contributed by atoms with Gasteiger partial charge in [-0.25, -0.2) is 4.39 Å². The maximum atomic E-state index is 16.1. The highest BCUT2D eigenvalue weighted by Gasteiger charge is 2.46. The van der Waals surface area contributed by atoms with E-state index in [2.05, 4.69) is 4.98 Å². The van der Waals surface area contributed by atoms with Crippen LogP contribution in [0.4, 0.5) is 4.39 Å². The Morgan fingerprint density at radius 3 is 2.62 bits per heavy atom. The van der Waals surface area contributed by atoms with Crippen LogP contribution in [0, 0.1) is 0 Å². The van der Waals surface area contributed by atoms with E-state index in [4.69, 9.17) is 23.2 Å². The summed E-state index contributed by atoms with van der Waals surface area (Å²) >= 11 is 13.3. The third kappa shape index (κ3) is 4.75. The lowest BCUT2D eigenvalue weighted by molar-refractivity contribution is -0.132. The van der Waals surface area contributed by atoms with E-state index in [0.717, 1.165) is 17.3 Å². The van der Waals surface area contributed by atoms with E-state index in [-0.39, 0.29) is 28.8 Å². The number of ketones is 1. The summed E-state index contributed by atoms with van der Waals surface area (Å²) in [7, 11) is 0. The fraction of sp³-hybridized carbons (Fsp3) is 0.240. The molecule has 2 aromatic carbocycles. The topological polar surface area (TPSA) is 47.0 Å². The molecule has 1 aliphatic carbocycles. The lowest BCUT2D eigenvalue weighted by Gasteiger charge is -2.34. The Balaban J connectivity index is 1.53. The summed E-state index contributed by atoms with van der Waals surface area (Å²) in [5.41, 5.74) is -0.0691. The van der Waals surface area contributed by atoms with Crippen molar-refractivity contribution in [3.8, 4) is 0 Å². The molecule has 1 unspecified atom stereocenters. The van der Waals surface area contributed by atoms with Crippen molar-refractivity contribution in [2.24, 2.45) is 0 Å². The van der Waals surface area contributed by atoms with Crippen molar-refractivity contribution in [1.29, 1.82) is 0 Å². The van der Waals surface area contributed by atoms with Crippen LogP contribution in [0.2, 0.25) is 10.0 Å². The van der Waals surface area contributed by atoms with Crippen molar-refractivity contribution in [3.63, 3.8) is 0 Å². The third-order valence-corrected chi connectivity index (χ3v) is 7.44. The highest BCUT2D eigenvalue weighted by molar-refractivity contribution is 8.14. The van der Waals surface area contributed by atoms with Crippen molar-refractivity contribution in [2.45, 2.75) is 36.6 Å². The van der Waals surface area contributed by atoms with E-state index < -0.39 is 11.5 Å². The first-order valence-electron chi connectivity index (χ1n) is 10.3. The number of aryl methyl sites for hydroxylation is 1. The number of halogens is 3. The second kappa shape index (κ2) is 9.74. The quantitative estimate of drug-likeness (QED) is 0.369. The molecule has 0 amide bonds. The van der Waals surface area contributed by atoms with Crippen LogP contribution >= 0.6 is 35.0 Å². The smallest absolute Gasteiger partial charge is 0.220 e. The van der Waals surface area contributed by atoms with Gasteiger partial charge in [-0.1, -0.05) is 77.4 Å². The Labute approximate surface area is 200 Å². The van der Waals surface area contributed by atoms with Gasteiger partial charge < -0.3 is 0 Å². The van der Waals surface area contributed by atoms with E-state index in [1.165, 1.54) is 0 Å². The molecular formula is C25H20Cl2FNO2S. The summed E-state index contributed by atoms with van der Waals surface area (Å²) in [4.78, 5) is 30.1. The molecule has 0 radical (unpaired) electrons. The predicted molar refractivity (Wildman–Crippen MR) is 127 cm³/mol. The molecule has 3 aromatic rings. The van der Waals surface area contributed by atoms with Crippen molar-refractivity contribution in [3.05, 3.63) is 99.3 Å². The molecule has 0 saturated carbocycles. The standard InChI is InChI=1S/C25H20Cl2FNO2S/c26-18-10-8-16(20(27)15-18)9-11-22(30)25(28)13-12-21(23-19(25)7-4-14-29-23)32-24(31)17-5-2-1-3-6-17/h1-8,10,14-15,21H,9,11-13H2/t21?,25-/m0/s1. The predicted octanol–water partition coefficient (Wildman–Crippen LogP) is 7.16. The monoisotopic (exact) mass is 487 g/mol. The number of pyridine rings is 1. The van der Waals surface area contributed by atoms with Gasteiger partial charge in [0.2, 0.25) is 5.12 Å². The second-order valence-electron chi connectivity index (χ2n) is 7.69. The van der Waals surface area contributed by atoms with Gasteiger partial charge in [0.15, 0.2) is 11.5 Å². The first kappa shape index (κ1) is 23.0. The number of rotatable bonds is 6. The normalized spacial score (nSPS) is 19.9. The minimum absolute atomic E-state index is 0.00689. The van der Waals surface area contributed by atoms with Crippen molar-refractivity contribution in [1.82, 2.24) is 4.98 Å². The molecular weight excluding hydrogens is 468 g/mol. The Morgan fingerprint density at radius 2 is 1.88 bits per heavy atom. The lowest BCUT2D eigenvalue weighted by Crippen LogP contribution is -2.36. The summed E-state index contributed by atoms with van der Waals surface area (Å²) < 4.78 is 16.1. The van der Waals surface area contributed by atoms with Gasteiger partial charge in [0.05, 0.1) is 10.9 Å². The number of carbonyl (C=O) groups excluding carboxylic acids is 2. The number of Topliss-reactive ketones (excluding diaryl/α,β-unsaturated/α-hetero) is 1. The zero-order chi connectivity index (χ0) is 22.7. The van der Waals surface area contributed by atoms with Crippen molar-refractivity contribution < 1.29 is 14.0 Å². The number of hydrogen-bond donors (Lipinski definition) is 0. The molecule has 1 heterocycles. The average molecular weight is 488 g/mol. The summed E-state index contributed by atoms with van der Waals surface area (Å²) in [5, 5.41) is 0.566. The van der Waals surface area contributed by atoms with Crippen LogP contribution in [-0.4, -0.2) is 15.9 Å². The zero-order valence-corrected chi connectivity index (χ0v) is 19.4. The number of benzene rings is 2. The van der Waals surface area contributed by atoms with Crippen LogP contribution < -0.4 is 0 Å². The highest BCUT2D eigenvalue weighted by Crippen LogP contribution is 2.49. The Kier molecular flexibility index (Phi) is 6.99.